The zero-order valence-electron chi connectivity index (χ0n) is 11.3. The molecule has 0 saturated heterocycles. The van der Waals surface area contributed by atoms with Gasteiger partial charge in [0.15, 0.2) is 0 Å². The predicted molar refractivity (Wildman–Crippen MR) is 73.4 cm³/mol. The van der Waals surface area contributed by atoms with Crippen LogP contribution in [0.4, 0.5) is 5.69 Å². The Morgan fingerprint density at radius 3 is 2.47 bits per heavy atom. The van der Waals surface area contributed by atoms with Crippen molar-refractivity contribution in [1.29, 1.82) is 0 Å². The number of ether oxygens (including phenoxy) is 1. The molecule has 5 nitrogen and oxygen atoms in total. The molecular weight excluding hydrogens is 244 g/mol. The van der Waals surface area contributed by atoms with Crippen LogP contribution in [0.5, 0.6) is 0 Å². The van der Waals surface area contributed by atoms with Crippen molar-refractivity contribution >= 4 is 17.6 Å². The van der Waals surface area contributed by atoms with Crippen molar-refractivity contribution in [3.05, 3.63) is 29.8 Å². The van der Waals surface area contributed by atoms with E-state index in [-0.39, 0.29) is 37.4 Å². The molecule has 3 N–H and O–H groups in total. The number of hydrogen-bond donors (Lipinski definition) is 2. The van der Waals surface area contributed by atoms with Crippen molar-refractivity contribution < 1.29 is 14.3 Å². The van der Waals surface area contributed by atoms with Crippen molar-refractivity contribution in [2.75, 3.05) is 12.3 Å². The van der Waals surface area contributed by atoms with Gasteiger partial charge in [-0.15, -0.1) is 0 Å². The van der Waals surface area contributed by atoms with Crippen molar-refractivity contribution in [3.8, 4) is 0 Å². The number of hydrogen-bond acceptors (Lipinski definition) is 4. The van der Waals surface area contributed by atoms with Gasteiger partial charge in [0.05, 0.1) is 12.8 Å². The number of rotatable bonds is 6. The first kappa shape index (κ1) is 15.0. The highest BCUT2D eigenvalue weighted by Gasteiger charge is 2.07. The van der Waals surface area contributed by atoms with Crippen LogP contribution >= 0.6 is 0 Å². The number of nitrogen functional groups attached to an aromatic ring is 1. The molecule has 0 heterocycles. The fraction of sp³-hybridized carbons (Fsp3) is 0.429. The van der Waals surface area contributed by atoms with Gasteiger partial charge < -0.3 is 15.8 Å². The number of amides is 1. The molecule has 1 aromatic rings. The van der Waals surface area contributed by atoms with E-state index in [0.717, 1.165) is 5.56 Å². The number of carbonyl (C=O) groups is 2. The van der Waals surface area contributed by atoms with E-state index in [9.17, 15) is 9.59 Å². The number of nitrogens with two attached hydrogens (primary N) is 1. The highest BCUT2D eigenvalue weighted by molar-refractivity contribution is 5.77. The van der Waals surface area contributed by atoms with Crippen molar-refractivity contribution in [3.63, 3.8) is 0 Å². The smallest absolute Gasteiger partial charge is 0.310 e. The Labute approximate surface area is 113 Å². The fourth-order valence-electron chi connectivity index (χ4n) is 1.50. The first-order valence-corrected chi connectivity index (χ1v) is 6.27. The molecule has 0 aliphatic rings. The third kappa shape index (κ3) is 6.45. The Morgan fingerprint density at radius 1 is 1.26 bits per heavy atom. The molecule has 0 unspecified atom stereocenters. The highest BCUT2D eigenvalue weighted by atomic mass is 16.5. The van der Waals surface area contributed by atoms with E-state index in [4.69, 9.17) is 10.5 Å². The van der Waals surface area contributed by atoms with E-state index in [0.29, 0.717) is 5.69 Å². The van der Waals surface area contributed by atoms with Gasteiger partial charge >= 0.3 is 5.97 Å². The van der Waals surface area contributed by atoms with Crippen LogP contribution in [0.3, 0.4) is 0 Å². The van der Waals surface area contributed by atoms with Crippen molar-refractivity contribution in [1.82, 2.24) is 5.32 Å². The van der Waals surface area contributed by atoms with Gasteiger partial charge in [0, 0.05) is 11.7 Å². The van der Waals surface area contributed by atoms with Gasteiger partial charge in [0.25, 0.3) is 0 Å². The maximum atomic E-state index is 11.5. The molecule has 0 atom stereocenters. The van der Waals surface area contributed by atoms with Crippen LogP contribution in [-0.2, 0) is 20.7 Å². The minimum atomic E-state index is -0.345. The van der Waals surface area contributed by atoms with Crippen LogP contribution in [-0.4, -0.2) is 24.5 Å². The topological polar surface area (TPSA) is 81.4 Å². The number of nitrogens with one attached hydrogen (secondary N) is 1. The lowest BCUT2D eigenvalue weighted by atomic mass is 10.1. The molecule has 5 heteroatoms. The summed E-state index contributed by atoms with van der Waals surface area (Å²) in [7, 11) is 0. The quantitative estimate of drug-likeness (QED) is 0.599. The SMILES string of the molecule is CC(C)NC(=O)CCOC(=O)Cc1ccc(N)cc1. The second-order valence-electron chi connectivity index (χ2n) is 4.61. The molecule has 0 aliphatic carbocycles. The van der Waals surface area contributed by atoms with Gasteiger partial charge in [0.1, 0.15) is 6.61 Å². The summed E-state index contributed by atoms with van der Waals surface area (Å²) in [6.45, 7) is 3.86. The Kier molecular flexibility index (Phi) is 5.85. The van der Waals surface area contributed by atoms with E-state index in [1.807, 2.05) is 13.8 Å². The number of anilines is 1. The standard InChI is InChI=1S/C14H20N2O3/c1-10(2)16-13(17)7-8-19-14(18)9-11-3-5-12(15)6-4-11/h3-6,10H,7-9,15H2,1-2H3,(H,16,17). The average molecular weight is 264 g/mol. The second kappa shape index (κ2) is 7.41. The average Bonchev–Trinajstić information content (AvgIpc) is 2.31. The molecule has 0 bridgehead atoms. The lowest BCUT2D eigenvalue weighted by Crippen LogP contribution is -2.31. The fourth-order valence-corrected chi connectivity index (χ4v) is 1.50. The zero-order chi connectivity index (χ0) is 14.3. The zero-order valence-corrected chi connectivity index (χ0v) is 11.3. The minimum Gasteiger partial charge on any atom is -0.465 e. The molecule has 0 aromatic heterocycles. The van der Waals surface area contributed by atoms with Crippen LogP contribution < -0.4 is 11.1 Å². The Balaban J connectivity index is 2.25. The van der Waals surface area contributed by atoms with Crippen LogP contribution in [0.15, 0.2) is 24.3 Å². The van der Waals surface area contributed by atoms with E-state index < -0.39 is 0 Å². The molecule has 0 fully saturated rings. The largest absolute Gasteiger partial charge is 0.465 e. The summed E-state index contributed by atoms with van der Waals surface area (Å²) < 4.78 is 5.00. The second-order valence-corrected chi connectivity index (χ2v) is 4.61. The summed E-state index contributed by atoms with van der Waals surface area (Å²) in [5, 5.41) is 2.73. The van der Waals surface area contributed by atoms with Gasteiger partial charge in [-0.05, 0) is 31.5 Å². The summed E-state index contributed by atoms with van der Waals surface area (Å²) in [5.41, 5.74) is 7.04. The van der Waals surface area contributed by atoms with Crippen LogP contribution in [0.1, 0.15) is 25.8 Å². The lowest BCUT2D eigenvalue weighted by Gasteiger charge is -2.08. The first-order valence-electron chi connectivity index (χ1n) is 6.27. The molecule has 104 valence electrons. The minimum absolute atomic E-state index is 0.0954. The molecule has 1 aromatic carbocycles. The van der Waals surface area contributed by atoms with Gasteiger partial charge in [-0.2, -0.15) is 0 Å². The molecule has 1 amide bonds. The van der Waals surface area contributed by atoms with E-state index in [2.05, 4.69) is 5.32 Å². The summed E-state index contributed by atoms with van der Waals surface area (Å²) in [6, 6.07) is 7.12. The van der Waals surface area contributed by atoms with Gasteiger partial charge in [0.2, 0.25) is 5.91 Å². The monoisotopic (exact) mass is 264 g/mol. The van der Waals surface area contributed by atoms with Crippen LogP contribution in [0.25, 0.3) is 0 Å². The third-order valence-electron chi connectivity index (χ3n) is 2.37. The summed E-state index contributed by atoms with van der Waals surface area (Å²) in [5.74, 6) is -0.461. The maximum absolute atomic E-state index is 11.5. The Bertz CT molecular complexity index is 427. The van der Waals surface area contributed by atoms with E-state index in [1.165, 1.54) is 0 Å². The summed E-state index contributed by atoms with van der Waals surface area (Å²) in [4.78, 5) is 22.8. The first-order chi connectivity index (χ1) is 8.97. The van der Waals surface area contributed by atoms with E-state index in [1.54, 1.807) is 24.3 Å². The molecule has 0 spiro atoms. The van der Waals surface area contributed by atoms with Crippen LogP contribution in [0.2, 0.25) is 0 Å². The Hall–Kier alpha value is -2.04. The molecule has 0 saturated carbocycles. The normalized spacial score (nSPS) is 10.3. The van der Waals surface area contributed by atoms with Crippen molar-refractivity contribution in [2.24, 2.45) is 0 Å². The molecule has 0 radical (unpaired) electrons. The summed E-state index contributed by atoms with van der Waals surface area (Å²) >= 11 is 0. The third-order valence-corrected chi connectivity index (χ3v) is 2.37. The molecule has 0 aliphatic heterocycles. The van der Waals surface area contributed by atoms with Gasteiger partial charge in [-0.3, -0.25) is 9.59 Å². The van der Waals surface area contributed by atoms with Crippen molar-refractivity contribution in [2.45, 2.75) is 32.7 Å². The van der Waals surface area contributed by atoms with Gasteiger partial charge in [-0.25, -0.2) is 0 Å². The van der Waals surface area contributed by atoms with Gasteiger partial charge in [-0.1, -0.05) is 12.1 Å². The number of carbonyl (C=O) groups excluding carboxylic acids is 2. The maximum Gasteiger partial charge on any atom is 0.310 e. The predicted octanol–water partition coefficient (Wildman–Crippen LogP) is 1.27. The number of benzene rings is 1. The number of esters is 1. The molecule has 1 rings (SSSR count). The lowest BCUT2D eigenvalue weighted by molar-refractivity contribution is -0.143. The van der Waals surface area contributed by atoms with E-state index >= 15 is 0 Å². The summed E-state index contributed by atoms with van der Waals surface area (Å²) in [6.07, 6.45) is 0.373. The Morgan fingerprint density at radius 2 is 1.89 bits per heavy atom. The molecule has 19 heavy (non-hydrogen) atoms. The van der Waals surface area contributed by atoms with Crippen LogP contribution in [0, 0.1) is 0 Å². The highest BCUT2D eigenvalue weighted by Crippen LogP contribution is 2.06. The molecular formula is C14H20N2O3.